The molecule has 0 fully saturated rings. The number of rotatable bonds is 5. The molecule has 0 saturated heterocycles. The maximum atomic E-state index is 12.3. The van der Waals surface area contributed by atoms with Gasteiger partial charge in [0.1, 0.15) is 5.65 Å². The van der Waals surface area contributed by atoms with Gasteiger partial charge in [-0.3, -0.25) is 14.9 Å². The molecule has 2 heterocycles. The molecule has 0 saturated carbocycles. The number of anilines is 1. The van der Waals surface area contributed by atoms with Crippen molar-refractivity contribution in [1.29, 1.82) is 0 Å². The monoisotopic (exact) mass is 402 g/mol. The fraction of sp³-hybridized carbons (Fsp3) is 0.167. The average Bonchev–Trinajstić information content (AvgIpc) is 3.09. The van der Waals surface area contributed by atoms with Gasteiger partial charge in [0.15, 0.2) is 11.8 Å². The Balaban J connectivity index is 1.68. The van der Waals surface area contributed by atoms with Crippen molar-refractivity contribution in [3.63, 3.8) is 0 Å². The quantitative estimate of drug-likeness (QED) is 0.397. The summed E-state index contributed by atoms with van der Waals surface area (Å²) in [6, 6.07) is 9.06. The van der Waals surface area contributed by atoms with E-state index in [1.165, 1.54) is 25.3 Å². The maximum Gasteiger partial charge on any atom is 0.359 e. The zero-order chi connectivity index (χ0) is 20.4. The number of aromatic nitrogens is 2. The van der Waals surface area contributed by atoms with E-state index in [2.05, 4.69) is 10.3 Å². The van der Waals surface area contributed by atoms with Crippen molar-refractivity contribution in [2.24, 2.45) is 0 Å². The number of non-ortho nitro benzene ring substituents is 1. The second-order valence-electron chi connectivity index (χ2n) is 5.98. The van der Waals surface area contributed by atoms with Crippen molar-refractivity contribution >= 4 is 40.5 Å². The van der Waals surface area contributed by atoms with Crippen LogP contribution in [0.1, 0.15) is 23.1 Å². The first-order chi connectivity index (χ1) is 13.3. The molecule has 1 aromatic carbocycles. The number of aryl methyl sites for hydroxylation is 1. The van der Waals surface area contributed by atoms with Gasteiger partial charge in [0.25, 0.3) is 11.6 Å². The summed E-state index contributed by atoms with van der Waals surface area (Å²) >= 11 is 5.94. The van der Waals surface area contributed by atoms with Crippen molar-refractivity contribution in [2.75, 3.05) is 5.32 Å². The highest BCUT2D eigenvalue weighted by atomic mass is 35.5. The van der Waals surface area contributed by atoms with Crippen LogP contribution in [0.3, 0.4) is 0 Å². The Hall–Kier alpha value is -3.46. The third kappa shape index (κ3) is 3.94. The van der Waals surface area contributed by atoms with Crippen molar-refractivity contribution in [3.05, 3.63) is 69.1 Å². The largest absolute Gasteiger partial charge is 0.448 e. The van der Waals surface area contributed by atoms with E-state index in [0.29, 0.717) is 5.65 Å². The molecule has 0 aliphatic carbocycles. The summed E-state index contributed by atoms with van der Waals surface area (Å²) in [5.41, 5.74) is 1.51. The highest BCUT2D eigenvalue weighted by molar-refractivity contribution is 6.34. The smallest absolute Gasteiger partial charge is 0.359 e. The van der Waals surface area contributed by atoms with Crippen LogP contribution in [0.5, 0.6) is 0 Å². The fourth-order valence-electron chi connectivity index (χ4n) is 2.47. The van der Waals surface area contributed by atoms with Crippen LogP contribution in [0, 0.1) is 17.0 Å². The molecule has 1 unspecified atom stereocenters. The SMILES string of the molecule is Cc1cccc2nc(C(=O)OC(C)C(=O)Nc3ccc([N+](=O)[O-])cc3Cl)cn12. The summed E-state index contributed by atoms with van der Waals surface area (Å²) < 4.78 is 6.90. The van der Waals surface area contributed by atoms with E-state index in [0.717, 1.165) is 11.8 Å². The average molecular weight is 403 g/mol. The summed E-state index contributed by atoms with van der Waals surface area (Å²) in [6.07, 6.45) is 0.398. The number of pyridine rings is 1. The number of nitrogens with one attached hydrogen (secondary N) is 1. The Morgan fingerprint density at radius 2 is 2.07 bits per heavy atom. The number of nitrogens with zero attached hydrogens (tertiary/aromatic N) is 3. The van der Waals surface area contributed by atoms with Crippen molar-refractivity contribution < 1.29 is 19.2 Å². The van der Waals surface area contributed by atoms with Crippen LogP contribution in [-0.2, 0) is 9.53 Å². The Morgan fingerprint density at radius 1 is 1.32 bits per heavy atom. The number of hydrogen-bond donors (Lipinski definition) is 1. The van der Waals surface area contributed by atoms with Gasteiger partial charge in [-0.05, 0) is 32.0 Å². The molecule has 3 rings (SSSR count). The van der Waals surface area contributed by atoms with Gasteiger partial charge in [-0.2, -0.15) is 0 Å². The van der Waals surface area contributed by atoms with E-state index in [1.807, 2.05) is 19.1 Å². The molecule has 144 valence electrons. The minimum atomic E-state index is -1.13. The molecule has 2 aromatic heterocycles. The van der Waals surface area contributed by atoms with Crippen LogP contribution < -0.4 is 5.32 Å². The molecule has 1 N–H and O–H groups in total. The number of nitro groups is 1. The van der Waals surface area contributed by atoms with Crippen LogP contribution in [0.4, 0.5) is 11.4 Å². The molecule has 0 spiro atoms. The number of ether oxygens (including phenoxy) is 1. The highest BCUT2D eigenvalue weighted by Crippen LogP contribution is 2.26. The molecule has 0 aliphatic heterocycles. The van der Waals surface area contributed by atoms with Gasteiger partial charge in [0, 0.05) is 24.0 Å². The number of nitro benzene ring substituents is 1. The number of fused-ring (bicyclic) bond motifs is 1. The van der Waals surface area contributed by atoms with Crippen LogP contribution >= 0.6 is 11.6 Å². The maximum absolute atomic E-state index is 12.3. The summed E-state index contributed by atoms with van der Waals surface area (Å²) in [6.45, 7) is 3.27. The summed E-state index contributed by atoms with van der Waals surface area (Å²) in [5, 5.41) is 13.2. The van der Waals surface area contributed by atoms with E-state index in [9.17, 15) is 19.7 Å². The van der Waals surface area contributed by atoms with E-state index in [4.69, 9.17) is 16.3 Å². The lowest BCUT2D eigenvalue weighted by Crippen LogP contribution is -2.30. The number of hydrogen-bond acceptors (Lipinski definition) is 6. The molecule has 3 aromatic rings. The first kappa shape index (κ1) is 19.3. The van der Waals surface area contributed by atoms with E-state index >= 15 is 0 Å². The predicted octanol–water partition coefficient (Wildman–Crippen LogP) is 3.39. The molecule has 1 amide bonds. The Bertz CT molecular complexity index is 1090. The van der Waals surface area contributed by atoms with Crippen LogP contribution in [-0.4, -0.2) is 32.3 Å². The molecule has 0 bridgehead atoms. The van der Waals surface area contributed by atoms with Crippen molar-refractivity contribution in [2.45, 2.75) is 20.0 Å². The van der Waals surface area contributed by atoms with Gasteiger partial charge in [0.2, 0.25) is 0 Å². The third-order valence-corrected chi connectivity index (χ3v) is 4.29. The zero-order valence-electron chi connectivity index (χ0n) is 14.9. The fourth-order valence-corrected chi connectivity index (χ4v) is 2.70. The summed E-state index contributed by atoms with van der Waals surface area (Å²) in [5.74, 6) is -1.38. The topological polar surface area (TPSA) is 116 Å². The minimum Gasteiger partial charge on any atom is -0.448 e. The lowest BCUT2D eigenvalue weighted by atomic mass is 10.2. The molecule has 9 nitrogen and oxygen atoms in total. The van der Waals surface area contributed by atoms with Crippen LogP contribution in [0.2, 0.25) is 5.02 Å². The lowest BCUT2D eigenvalue weighted by molar-refractivity contribution is -0.384. The zero-order valence-corrected chi connectivity index (χ0v) is 15.6. The standard InChI is InChI=1S/C18H15ClN4O5/c1-10-4-3-5-16-20-15(9-22(10)16)18(25)28-11(2)17(24)21-14-7-6-12(23(26)27)8-13(14)19/h3-9,11H,1-2H3,(H,21,24). The number of amides is 1. The first-order valence-corrected chi connectivity index (χ1v) is 8.54. The van der Waals surface area contributed by atoms with Gasteiger partial charge >= 0.3 is 5.97 Å². The molecule has 0 aliphatic rings. The van der Waals surface area contributed by atoms with Crippen LogP contribution in [0.25, 0.3) is 5.65 Å². The normalized spacial score (nSPS) is 11.8. The van der Waals surface area contributed by atoms with Crippen molar-refractivity contribution in [1.82, 2.24) is 9.38 Å². The summed E-state index contributed by atoms with van der Waals surface area (Å²) in [4.78, 5) is 38.9. The molecule has 10 heteroatoms. The highest BCUT2D eigenvalue weighted by Gasteiger charge is 2.22. The minimum absolute atomic E-state index is 0.00287. The number of benzene rings is 1. The molecular formula is C18H15ClN4O5. The van der Waals surface area contributed by atoms with Crippen LogP contribution in [0.15, 0.2) is 42.6 Å². The van der Waals surface area contributed by atoms with E-state index in [1.54, 1.807) is 10.5 Å². The number of esters is 1. The van der Waals surface area contributed by atoms with Gasteiger partial charge in [-0.1, -0.05) is 17.7 Å². The predicted molar refractivity (Wildman–Crippen MR) is 102 cm³/mol. The number of imidazole rings is 1. The molecule has 28 heavy (non-hydrogen) atoms. The van der Waals surface area contributed by atoms with Gasteiger partial charge < -0.3 is 14.5 Å². The second-order valence-corrected chi connectivity index (χ2v) is 6.39. The number of carbonyl (C=O) groups is 2. The first-order valence-electron chi connectivity index (χ1n) is 8.17. The molecule has 1 atom stereocenters. The molecule has 0 radical (unpaired) electrons. The van der Waals surface area contributed by atoms with Crippen molar-refractivity contribution in [3.8, 4) is 0 Å². The van der Waals surface area contributed by atoms with E-state index in [-0.39, 0.29) is 22.1 Å². The van der Waals surface area contributed by atoms with E-state index < -0.39 is 22.9 Å². The number of halogens is 1. The molecular weight excluding hydrogens is 388 g/mol. The second kappa shape index (κ2) is 7.65. The Kier molecular flexibility index (Phi) is 5.27. The Labute approximate surface area is 164 Å². The van der Waals surface area contributed by atoms with Gasteiger partial charge in [-0.15, -0.1) is 0 Å². The van der Waals surface area contributed by atoms with Gasteiger partial charge in [0.05, 0.1) is 15.6 Å². The Morgan fingerprint density at radius 3 is 2.71 bits per heavy atom. The lowest BCUT2D eigenvalue weighted by Gasteiger charge is -2.13. The summed E-state index contributed by atoms with van der Waals surface area (Å²) in [7, 11) is 0. The number of carbonyl (C=O) groups excluding carboxylic acids is 2. The van der Waals surface area contributed by atoms with Gasteiger partial charge in [-0.25, -0.2) is 9.78 Å². The third-order valence-electron chi connectivity index (χ3n) is 3.98.